The topological polar surface area (TPSA) is 35.6 Å². The fourth-order valence-corrected chi connectivity index (χ4v) is 3.75. The van der Waals surface area contributed by atoms with E-state index < -0.39 is 0 Å². The minimum absolute atomic E-state index is 0.0689. The van der Waals surface area contributed by atoms with Crippen molar-refractivity contribution in [3.63, 3.8) is 0 Å². The van der Waals surface area contributed by atoms with E-state index in [0.29, 0.717) is 0 Å². The second-order valence-electron chi connectivity index (χ2n) is 6.36. The summed E-state index contributed by atoms with van der Waals surface area (Å²) in [7, 11) is 1.99. The molecule has 0 bridgehead atoms. The first kappa shape index (κ1) is 13.9. The zero-order chi connectivity index (χ0) is 14.4. The van der Waals surface area contributed by atoms with Gasteiger partial charge < -0.3 is 4.57 Å². The van der Waals surface area contributed by atoms with E-state index in [1.165, 1.54) is 19.3 Å². The number of fused-ring (bicyclic) bond motifs is 1. The van der Waals surface area contributed by atoms with Gasteiger partial charge in [-0.25, -0.2) is 4.98 Å². The van der Waals surface area contributed by atoms with Crippen LogP contribution >= 0.6 is 11.6 Å². The van der Waals surface area contributed by atoms with E-state index >= 15 is 0 Å². The summed E-state index contributed by atoms with van der Waals surface area (Å²) < 4.78 is 4.24. The average molecular weight is 295 g/mol. The van der Waals surface area contributed by atoms with Gasteiger partial charge in [0, 0.05) is 13.6 Å². The van der Waals surface area contributed by atoms with Crippen LogP contribution in [0.5, 0.6) is 0 Å². The summed E-state index contributed by atoms with van der Waals surface area (Å²) in [5, 5.41) is 4.42. The molecule has 2 heterocycles. The van der Waals surface area contributed by atoms with Crippen LogP contribution in [0.15, 0.2) is 0 Å². The van der Waals surface area contributed by atoms with Crippen LogP contribution in [-0.4, -0.2) is 19.3 Å². The molecule has 0 amide bonds. The summed E-state index contributed by atoms with van der Waals surface area (Å²) in [6, 6.07) is 0. The first-order chi connectivity index (χ1) is 9.47. The van der Waals surface area contributed by atoms with E-state index in [1.807, 2.05) is 25.6 Å². The first-order valence-corrected chi connectivity index (χ1v) is 7.94. The Balaban J connectivity index is 2.04. The lowest BCUT2D eigenvalue weighted by Crippen LogP contribution is -2.13. The third-order valence-electron chi connectivity index (χ3n) is 4.52. The van der Waals surface area contributed by atoms with Crippen LogP contribution in [-0.2, 0) is 13.6 Å². The molecule has 0 spiro atoms. The average Bonchev–Trinajstić information content (AvgIpc) is 3.00. The molecule has 20 heavy (non-hydrogen) atoms. The smallest absolute Gasteiger partial charge is 0.158 e. The Bertz CT molecular complexity index is 625. The molecular formula is C15H23ClN4. The molecule has 3 atom stereocenters. The molecule has 0 N–H and O–H groups in total. The number of nitrogens with zero attached hydrogens (tertiary/aromatic N) is 4. The number of aromatic nitrogens is 4. The molecule has 5 heteroatoms. The van der Waals surface area contributed by atoms with Gasteiger partial charge >= 0.3 is 0 Å². The summed E-state index contributed by atoms with van der Waals surface area (Å²) in [4.78, 5) is 4.74. The van der Waals surface area contributed by atoms with Gasteiger partial charge in [0.05, 0.1) is 11.1 Å². The predicted molar refractivity (Wildman–Crippen MR) is 82.0 cm³/mol. The van der Waals surface area contributed by atoms with Gasteiger partial charge in [-0.15, -0.1) is 11.6 Å². The van der Waals surface area contributed by atoms with Crippen molar-refractivity contribution in [2.24, 2.45) is 18.9 Å². The van der Waals surface area contributed by atoms with E-state index in [0.717, 1.165) is 41.1 Å². The summed E-state index contributed by atoms with van der Waals surface area (Å²) in [5.41, 5.74) is 3.10. The fourth-order valence-electron chi connectivity index (χ4n) is 3.58. The minimum atomic E-state index is -0.0689. The molecule has 0 saturated heterocycles. The van der Waals surface area contributed by atoms with E-state index in [1.54, 1.807) is 0 Å². The second kappa shape index (κ2) is 5.06. The SMILES string of the molecule is Cc1nn(C)c2c1nc(C(C)Cl)n2CC1CCC(C)C1. The van der Waals surface area contributed by atoms with Gasteiger partial charge in [-0.2, -0.15) is 5.10 Å². The number of hydrogen-bond acceptors (Lipinski definition) is 2. The number of hydrogen-bond donors (Lipinski definition) is 0. The Morgan fingerprint density at radius 1 is 1.40 bits per heavy atom. The maximum atomic E-state index is 6.34. The zero-order valence-electron chi connectivity index (χ0n) is 12.7. The molecule has 3 rings (SSSR count). The Morgan fingerprint density at radius 3 is 2.75 bits per heavy atom. The molecule has 2 aromatic heterocycles. The van der Waals surface area contributed by atoms with Crippen LogP contribution in [0.4, 0.5) is 0 Å². The van der Waals surface area contributed by atoms with Gasteiger partial charge in [-0.1, -0.05) is 13.3 Å². The quantitative estimate of drug-likeness (QED) is 0.807. The Kier molecular flexibility index (Phi) is 3.53. The summed E-state index contributed by atoms with van der Waals surface area (Å²) in [6.07, 6.45) is 3.97. The number of rotatable bonds is 3. The number of alkyl halides is 1. The van der Waals surface area contributed by atoms with Gasteiger partial charge in [0.1, 0.15) is 11.3 Å². The molecule has 1 aliphatic carbocycles. The lowest BCUT2D eigenvalue weighted by atomic mass is 10.1. The van der Waals surface area contributed by atoms with Crippen LogP contribution in [0, 0.1) is 18.8 Å². The molecule has 1 aliphatic rings. The van der Waals surface area contributed by atoms with Gasteiger partial charge in [0.2, 0.25) is 0 Å². The van der Waals surface area contributed by atoms with Gasteiger partial charge in [-0.05, 0) is 38.5 Å². The molecule has 3 unspecified atom stereocenters. The molecule has 110 valence electrons. The van der Waals surface area contributed by atoms with Crippen molar-refractivity contribution in [1.29, 1.82) is 0 Å². The maximum absolute atomic E-state index is 6.34. The molecule has 1 saturated carbocycles. The number of imidazole rings is 1. The summed E-state index contributed by atoms with van der Waals surface area (Å²) in [6.45, 7) is 7.38. The molecule has 4 nitrogen and oxygen atoms in total. The highest BCUT2D eigenvalue weighted by atomic mass is 35.5. The Hall–Kier alpha value is -1.03. The molecule has 0 aromatic carbocycles. The van der Waals surface area contributed by atoms with Crippen molar-refractivity contribution in [2.75, 3.05) is 0 Å². The monoisotopic (exact) mass is 294 g/mol. The maximum Gasteiger partial charge on any atom is 0.158 e. The first-order valence-electron chi connectivity index (χ1n) is 7.51. The number of aryl methyl sites for hydroxylation is 2. The lowest BCUT2D eigenvalue weighted by molar-refractivity contribution is 0.434. The minimum Gasteiger partial charge on any atom is -0.311 e. The highest BCUT2D eigenvalue weighted by Crippen LogP contribution is 2.34. The zero-order valence-corrected chi connectivity index (χ0v) is 13.5. The van der Waals surface area contributed by atoms with Gasteiger partial charge in [0.15, 0.2) is 5.65 Å². The van der Waals surface area contributed by atoms with E-state index in [4.69, 9.17) is 16.6 Å². The van der Waals surface area contributed by atoms with Crippen molar-refractivity contribution in [3.05, 3.63) is 11.5 Å². The van der Waals surface area contributed by atoms with Crippen molar-refractivity contribution in [2.45, 2.75) is 52.0 Å². The standard InChI is InChI=1S/C15H23ClN4/c1-9-5-6-12(7-9)8-20-14(10(2)16)17-13-11(3)18-19(4)15(13)20/h9-10,12H,5-8H2,1-4H3. The summed E-state index contributed by atoms with van der Waals surface area (Å²) in [5.74, 6) is 2.58. The van der Waals surface area contributed by atoms with E-state index in [9.17, 15) is 0 Å². The third-order valence-corrected chi connectivity index (χ3v) is 4.71. The van der Waals surface area contributed by atoms with Crippen molar-refractivity contribution in [3.8, 4) is 0 Å². The Labute approximate surface area is 125 Å². The molecule has 0 aliphatic heterocycles. The Morgan fingerprint density at radius 2 is 2.15 bits per heavy atom. The molecule has 2 aromatic rings. The molecule has 1 fully saturated rings. The van der Waals surface area contributed by atoms with Crippen molar-refractivity contribution < 1.29 is 0 Å². The van der Waals surface area contributed by atoms with Crippen LogP contribution in [0.2, 0.25) is 0 Å². The highest BCUT2D eigenvalue weighted by molar-refractivity contribution is 6.20. The molecule has 0 radical (unpaired) electrons. The van der Waals surface area contributed by atoms with Crippen LogP contribution in [0.25, 0.3) is 11.2 Å². The normalized spacial score (nSPS) is 24.6. The fraction of sp³-hybridized carbons (Fsp3) is 0.733. The summed E-state index contributed by atoms with van der Waals surface area (Å²) >= 11 is 6.34. The molecular weight excluding hydrogens is 272 g/mol. The largest absolute Gasteiger partial charge is 0.311 e. The van der Waals surface area contributed by atoms with Crippen molar-refractivity contribution in [1.82, 2.24) is 19.3 Å². The van der Waals surface area contributed by atoms with E-state index in [-0.39, 0.29) is 5.38 Å². The predicted octanol–water partition coefficient (Wildman–Crippen LogP) is 3.81. The van der Waals surface area contributed by atoms with Gasteiger partial charge in [0.25, 0.3) is 0 Å². The van der Waals surface area contributed by atoms with Crippen LogP contribution in [0.3, 0.4) is 0 Å². The van der Waals surface area contributed by atoms with Crippen LogP contribution < -0.4 is 0 Å². The number of halogens is 1. The van der Waals surface area contributed by atoms with Gasteiger partial charge in [-0.3, -0.25) is 4.68 Å². The van der Waals surface area contributed by atoms with Crippen LogP contribution in [0.1, 0.15) is 50.0 Å². The lowest BCUT2D eigenvalue weighted by Gasteiger charge is -2.15. The van der Waals surface area contributed by atoms with Crippen molar-refractivity contribution >= 4 is 22.8 Å². The van der Waals surface area contributed by atoms with E-state index in [2.05, 4.69) is 16.6 Å². The third kappa shape index (κ3) is 2.24. The highest BCUT2D eigenvalue weighted by Gasteiger charge is 2.26. The second-order valence-corrected chi connectivity index (χ2v) is 7.02.